The Morgan fingerprint density at radius 2 is 1.88 bits per heavy atom. The summed E-state index contributed by atoms with van der Waals surface area (Å²) in [6.07, 6.45) is 0.999. The van der Waals surface area contributed by atoms with Crippen LogP contribution in [-0.4, -0.2) is 27.1 Å². The van der Waals surface area contributed by atoms with E-state index in [1.54, 1.807) is 24.3 Å². The molecule has 5 nitrogen and oxygen atoms in total. The molecule has 0 radical (unpaired) electrons. The van der Waals surface area contributed by atoms with E-state index in [1.165, 1.54) is 22.5 Å². The number of rotatable bonds is 6. The number of hydrogen-bond acceptors (Lipinski definition) is 3. The van der Waals surface area contributed by atoms with E-state index in [0.717, 1.165) is 11.8 Å². The van der Waals surface area contributed by atoms with Gasteiger partial charge in [0.15, 0.2) is 0 Å². The lowest BCUT2D eigenvalue weighted by Gasteiger charge is -2.22. The summed E-state index contributed by atoms with van der Waals surface area (Å²) in [5.74, 6) is -0.995. The molecule has 0 saturated carbocycles. The fourth-order valence-corrected chi connectivity index (χ4v) is 3.17. The van der Waals surface area contributed by atoms with Crippen LogP contribution in [0.4, 0.5) is 15.8 Å². The van der Waals surface area contributed by atoms with Gasteiger partial charge in [0.05, 0.1) is 17.6 Å². The van der Waals surface area contributed by atoms with Gasteiger partial charge in [-0.2, -0.15) is 0 Å². The number of benzene rings is 2. The molecule has 0 unspecified atom stereocenters. The quantitative estimate of drug-likeness (QED) is 0.871. The molecule has 0 fully saturated rings. The van der Waals surface area contributed by atoms with Gasteiger partial charge in [-0.25, -0.2) is 12.8 Å². The Labute approximate surface area is 141 Å². The number of nitrogens with one attached hydrogen (secondary N) is 1. The Kier molecular flexibility index (Phi) is 5.56. The number of nitrogens with zero attached hydrogens (tertiary/aromatic N) is 1. The van der Waals surface area contributed by atoms with Crippen LogP contribution < -0.4 is 9.62 Å². The van der Waals surface area contributed by atoms with E-state index in [1.807, 2.05) is 13.0 Å². The number of halogens is 1. The number of carbonyl (C=O) groups excluding carboxylic acids is 1. The van der Waals surface area contributed by atoms with E-state index in [4.69, 9.17) is 0 Å². The maximum absolute atomic E-state index is 13.5. The van der Waals surface area contributed by atoms with Gasteiger partial charge in [-0.1, -0.05) is 24.3 Å². The first-order chi connectivity index (χ1) is 11.3. The van der Waals surface area contributed by atoms with E-state index in [0.29, 0.717) is 5.69 Å². The zero-order valence-corrected chi connectivity index (χ0v) is 14.3. The minimum atomic E-state index is -3.53. The number of hydrogen-bond donors (Lipinski definition) is 1. The van der Waals surface area contributed by atoms with Crippen LogP contribution in [0.1, 0.15) is 12.0 Å². The molecule has 0 aliphatic heterocycles. The van der Waals surface area contributed by atoms with E-state index in [9.17, 15) is 17.6 Å². The number of para-hydroxylation sites is 1. The molecular weight excluding hydrogens is 331 g/mol. The minimum absolute atomic E-state index is 0.0252. The van der Waals surface area contributed by atoms with Crippen LogP contribution in [0.15, 0.2) is 48.5 Å². The number of amides is 1. The molecule has 0 spiro atoms. The number of anilines is 2. The van der Waals surface area contributed by atoms with Crippen molar-refractivity contribution < 1.29 is 17.6 Å². The first-order valence-electron chi connectivity index (χ1n) is 7.36. The third kappa shape index (κ3) is 4.79. The lowest BCUT2D eigenvalue weighted by atomic mass is 10.2. The molecule has 128 valence electrons. The summed E-state index contributed by atoms with van der Waals surface area (Å²) in [5, 5.41) is 2.44. The van der Waals surface area contributed by atoms with E-state index in [2.05, 4.69) is 5.32 Å². The highest BCUT2D eigenvalue weighted by Gasteiger charge is 2.19. The summed E-state index contributed by atoms with van der Waals surface area (Å²) in [6, 6.07) is 12.8. The smallest absolute Gasteiger partial charge is 0.232 e. The Balaban J connectivity index is 2.09. The second kappa shape index (κ2) is 7.44. The predicted molar refractivity (Wildman–Crippen MR) is 93.0 cm³/mol. The summed E-state index contributed by atoms with van der Waals surface area (Å²) in [5.41, 5.74) is 1.48. The lowest BCUT2D eigenvalue weighted by Crippen LogP contribution is -2.33. The first kappa shape index (κ1) is 17.9. The van der Waals surface area contributed by atoms with Crippen LogP contribution in [0.5, 0.6) is 0 Å². The fraction of sp³-hybridized carbons (Fsp3) is 0.235. The van der Waals surface area contributed by atoms with Gasteiger partial charge in [-0.05, 0) is 36.8 Å². The van der Waals surface area contributed by atoms with Gasteiger partial charge in [0.25, 0.3) is 0 Å². The second-order valence-electron chi connectivity index (χ2n) is 5.45. The molecule has 0 saturated heterocycles. The van der Waals surface area contributed by atoms with Gasteiger partial charge in [-0.15, -0.1) is 0 Å². The topological polar surface area (TPSA) is 66.5 Å². The monoisotopic (exact) mass is 350 g/mol. The third-order valence-electron chi connectivity index (χ3n) is 3.38. The van der Waals surface area contributed by atoms with E-state index >= 15 is 0 Å². The second-order valence-corrected chi connectivity index (χ2v) is 7.36. The van der Waals surface area contributed by atoms with Crippen LogP contribution in [0.2, 0.25) is 0 Å². The molecule has 0 aliphatic rings. The van der Waals surface area contributed by atoms with Crippen LogP contribution in [0.25, 0.3) is 0 Å². The molecule has 1 N–H and O–H groups in total. The first-order valence-corrected chi connectivity index (χ1v) is 9.21. The zero-order valence-electron chi connectivity index (χ0n) is 13.5. The molecule has 2 rings (SSSR count). The SMILES string of the molecule is Cc1cccc(N(CCC(=O)Nc2ccccc2F)S(C)(=O)=O)c1. The van der Waals surface area contributed by atoms with Crippen molar-refractivity contribution in [2.45, 2.75) is 13.3 Å². The van der Waals surface area contributed by atoms with Crippen molar-refractivity contribution in [3.63, 3.8) is 0 Å². The molecule has 7 heteroatoms. The van der Waals surface area contributed by atoms with Gasteiger partial charge >= 0.3 is 0 Å². The number of aryl methyl sites for hydroxylation is 1. The van der Waals surface area contributed by atoms with E-state index < -0.39 is 21.7 Å². The highest BCUT2D eigenvalue weighted by molar-refractivity contribution is 7.92. The van der Waals surface area contributed by atoms with Gasteiger partial charge in [0.1, 0.15) is 5.82 Å². The standard InChI is InChI=1S/C17H19FN2O3S/c1-13-6-5-7-14(12-13)20(24(2,22)23)11-10-17(21)19-16-9-4-3-8-15(16)18/h3-9,12H,10-11H2,1-2H3,(H,19,21). The van der Waals surface area contributed by atoms with Crippen LogP contribution in [-0.2, 0) is 14.8 Å². The molecule has 2 aromatic carbocycles. The summed E-state index contributed by atoms with van der Waals surface area (Å²) in [6.45, 7) is 1.83. The minimum Gasteiger partial charge on any atom is -0.324 e. The molecule has 0 aromatic heterocycles. The van der Waals surface area contributed by atoms with E-state index in [-0.39, 0.29) is 18.7 Å². The Morgan fingerprint density at radius 3 is 2.50 bits per heavy atom. The van der Waals surface area contributed by atoms with Crippen molar-refractivity contribution >= 4 is 27.3 Å². The lowest BCUT2D eigenvalue weighted by molar-refractivity contribution is -0.116. The van der Waals surface area contributed by atoms with Crippen molar-refractivity contribution in [1.29, 1.82) is 0 Å². The Morgan fingerprint density at radius 1 is 1.17 bits per heavy atom. The third-order valence-corrected chi connectivity index (χ3v) is 4.57. The van der Waals surface area contributed by atoms with Crippen molar-refractivity contribution in [3.05, 3.63) is 59.9 Å². The molecule has 0 bridgehead atoms. The van der Waals surface area contributed by atoms with Crippen molar-refractivity contribution in [3.8, 4) is 0 Å². The molecular formula is C17H19FN2O3S. The molecule has 2 aromatic rings. The van der Waals surface area contributed by atoms with Gasteiger partial charge in [0.2, 0.25) is 15.9 Å². The summed E-state index contributed by atoms with van der Waals surface area (Å²) in [7, 11) is -3.53. The number of sulfonamides is 1. The maximum Gasteiger partial charge on any atom is 0.232 e. The number of carbonyl (C=O) groups is 1. The van der Waals surface area contributed by atoms with Gasteiger partial charge in [0, 0.05) is 13.0 Å². The van der Waals surface area contributed by atoms with Crippen LogP contribution >= 0.6 is 0 Å². The highest BCUT2D eigenvalue weighted by atomic mass is 32.2. The molecule has 0 atom stereocenters. The average molecular weight is 350 g/mol. The molecule has 0 heterocycles. The Bertz CT molecular complexity index is 837. The summed E-state index contributed by atoms with van der Waals surface area (Å²) >= 11 is 0. The normalized spacial score (nSPS) is 11.1. The molecule has 1 amide bonds. The zero-order chi connectivity index (χ0) is 17.7. The van der Waals surface area contributed by atoms with Gasteiger partial charge in [-0.3, -0.25) is 9.10 Å². The van der Waals surface area contributed by atoms with Crippen molar-refractivity contribution in [2.24, 2.45) is 0 Å². The van der Waals surface area contributed by atoms with Crippen LogP contribution in [0.3, 0.4) is 0 Å². The average Bonchev–Trinajstić information content (AvgIpc) is 2.48. The van der Waals surface area contributed by atoms with Crippen LogP contribution in [0, 0.1) is 12.7 Å². The van der Waals surface area contributed by atoms with Crippen molar-refractivity contribution in [1.82, 2.24) is 0 Å². The summed E-state index contributed by atoms with van der Waals surface area (Å²) in [4.78, 5) is 12.0. The predicted octanol–water partition coefficient (Wildman–Crippen LogP) is 2.93. The molecule has 24 heavy (non-hydrogen) atoms. The van der Waals surface area contributed by atoms with Gasteiger partial charge < -0.3 is 5.32 Å². The maximum atomic E-state index is 13.5. The molecule has 0 aliphatic carbocycles. The summed E-state index contributed by atoms with van der Waals surface area (Å²) < 4.78 is 38.7. The Hall–Kier alpha value is -2.41. The highest BCUT2D eigenvalue weighted by Crippen LogP contribution is 2.19. The van der Waals surface area contributed by atoms with Crippen molar-refractivity contribution in [2.75, 3.05) is 22.4 Å². The fourth-order valence-electron chi connectivity index (χ4n) is 2.25. The largest absolute Gasteiger partial charge is 0.324 e.